The van der Waals surface area contributed by atoms with Crippen LogP contribution in [-0.4, -0.2) is 38.6 Å². The summed E-state index contributed by atoms with van der Waals surface area (Å²) in [5, 5.41) is 1.14. The van der Waals surface area contributed by atoms with Gasteiger partial charge in [-0.1, -0.05) is 0 Å². The van der Waals surface area contributed by atoms with Gasteiger partial charge in [0.1, 0.15) is 11.6 Å². The first-order valence-corrected chi connectivity index (χ1v) is 8.73. The van der Waals surface area contributed by atoms with Gasteiger partial charge < -0.3 is 9.64 Å². The molecule has 5 nitrogen and oxygen atoms in total. The van der Waals surface area contributed by atoms with Gasteiger partial charge in [-0.3, -0.25) is 4.79 Å². The molecule has 0 bridgehead atoms. The van der Waals surface area contributed by atoms with Crippen LogP contribution in [0.15, 0.2) is 35.7 Å². The van der Waals surface area contributed by atoms with Crippen LogP contribution >= 0.6 is 11.6 Å². The van der Waals surface area contributed by atoms with Crippen molar-refractivity contribution in [1.82, 2.24) is 0 Å². The molecular formula is C14H16ClNO4S. The van der Waals surface area contributed by atoms with Crippen molar-refractivity contribution in [2.75, 3.05) is 23.1 Å². The number of anilines is 1. The molecule has 2 rings (SSSR count). The van der Waals surface area contributed by atoms with Gasteiger partial charge in [0.05, 0.1) is 18.4 Å². The highest BCUT2D eigenvalue weighted by Gasteiger charge is 2.30. The number of benzene rings is 1. The second-order valence-electron chi connectivity index (χ2n) is 4.55. The first-order chi connectivity index (χ1) is 9.96. The zero-order valence-electron chi connectivity index (χ0n) is 11.5. The van der Waals surface area contributed by atoms with Crippen molar-refractivity contribution >= 4 is 33.0 Å². The number of rotatable bonds is 5. The van der Waals surface area contributed by atoms with E-state index in [0.717, 1.165) is 5.41 Å². The van der Waals surface area contributed by atoms with E-state index in [2.05, 4.69) is 0 Å². The smallest absolute Gasteiger partial charge is 0.242 e. The molecule has 1 amide bonds. The molecule has 0 spiro atoms. The van der Waals surface area contributed by atoms with E-state index in [4.69, 9.17) is 16.3 Å². The fourth-order valence-corrected chi connectivity index (χ4v) is 3.57. The molecule has 0 saturated carbocycles. The summed E-state index contributed by atoms with van der Waals surface area (Å²) in [4.78, 5) is 13.5. The lowest BCUT2D eigenvalue weighted by Crippen LogP contribution is -2.41. The van der Waals surface area contributed by atoms with Gasteiger partial charge in [-0.2, -0.15) is 0 Å². The average Bonchev–Trinajstić information content (AvgIpc) is 2.81. The Hall–Kier alpha value is -1.53. The van der Waals surface area contributed by atoms with Crippen LogP contribution in [0.1, 0.15) is 6.92 Å². The first kappa shape index (κ1) is 15.9. The molecule has 0 aromatic heterocycles. The predicted octanol–water partition coefficient (Wildman–Crippen LogP) is 1.97. The standard InChI is InChI=1S/C14H16ClNO4S/c1-2-20-13-5-3-11(4-6-13)16(14(17)9-15)12-7-8-21(18,19)10-12/h3-8,12H,2,9-10H2,1H3/t12-/m1/s1. The van der Waals surface area contributed by atoms with E-state index < -0.39 is 15.9 Å². The van der Waals surface area contributed by atoms with Crippen LogP contribution in [0.2, 0.25) is 0 Å². The quantitative estimate of drug-likeness (QED) is 0.775. The number of ether oxygens (including phenoxy) is 1. The molecule has 0 aliphatic carbocycles. The van der Waals surface area contributed by atoms with Gasteiger partial charge in [0.2, 0.25) is 5.91 Å². The highest BCUT2D eigenvalue weighted by Crippen LogP contribution is 2.25. The van der Waals surface area contributed by atoms with Crippen molar-refractivity contribution < 1.29 is 17.9 Å². The zero-order valence-corrected chi connectivity index (χ0v) is 13.1. The molecule has 7 heteroatoms. The van der Waals surface area contributed by atoms with Crippen LogP contribution in [0.5, 0.6) is 5.75 Å². The number of carbonyl (C=O) groups excluding carboxylic acids is 1. The third-order valence-corrected chi connectivity index (χ3v) is 4.66. The van der Waals surface area contributed by atoms with Crippen LogP contribution in [0.3, 0.4) is 0 Å². The lowest BCUT2D eigenvalue weighted by molar-refractivity contribution is -0.116. The second kappa shape index (κ2) is 6.49. The number of hydrogen-bond donors (Lipinski definition) is 0. The van der Waals surface area contributed by atoms with Gasteiger partial charge in [0, 0.05) is 11.1 Å². The Morgan fingerprint density at radius 1 is 1.38 bits per heavy atom. The van der Waals surface area contributed by atoms with Crippen molar-refractivity contribution in [3.8, 4) is 5.75 Å². The van der Waals surface area contributed by atoms with Crippen molar-refractivity contribution in [2.24, 2.45) is 0 Å². The fourth-order valence-electron chi connectivity index (χ4n) is 2.17. The topological polar surface area (TPSA) is 63.7 Å². The molecule has 1 aromatic rings. The van der Waals surface area contributed by atoms with Crippen LogP contribution in [0.25, 0.3) is 0 Å². The molecule has 0 N–H and O–H groups in total. The molecule has 114 valence electrons. The summed E-state index contributed by atoms with van der Waals surface area (Å²) in [5.41, 5.74) is 0.593. The van der Waals surface area contributed by atoms with Gasteiger partial charge in [-0.15, -0.1) is 11.6 Å². The van der Waals surface area contributed by atoms with Gasteiger partial charge in [0.15, 0.2) is 9.84 Å². The van der Waals surface area contributed by atoms with Gasteiger partial charge in [-0.25, -0.2) is 8.42 Å². The van der Waals surface area contributed by atoms with E-state index in [0.29, 0.717) is 18.0 Å². The minimum absolute atomic E-state index is 0.122. The van der Waals surface area contributed by atoms with E-state index in [1.807, 2.05) is 6.92 Å². The Labute approximate surface area is 129 Å². The normalized spacial score (nSPS) is 19.4. The number of alkyl halides is 1. The predicted molar refractivity (Wildman–Crippen MR) is 82.5 cm³/mol. The number of sulfone groups is 1. The minimum atomic E-state index is -3.25. The van der Waals surface area contributed by atoms with Crippen molar-refractivity contribution in [3.63, 3.8) is 0 Å². The summed E-state index contributed by atoms with van der Waals surface area (Å²) in [7, 11) is -3.25. The number of nitrogens with zero attached hydrogens (tertiary/aromatic N) is 1. The molecular weight excluding hydrogens is 314 g/mol. The number of amides is 1. The molecule has 0 unspecified atom stereocenters. The monoisotopic (exact) mass is 329 g/mol. The summed E-state index contributed by atoms with van der Waals surface area (Å²) in [6.07, 6.45) is 1.51. The molecule has 0 fully saturated rings. The Morgan fingerprint density at radius 2 is 2.05 bits per heavy atom. The Bertz CT molecular complexity index is 639. The van der Waals surface area contributed by atoms with E-state index in [1.165, 1.54) is 11.0 Å². The molecule has 1 aromatic carbocycles. The fraction of sp³-hybridized carbons (Fsp3) is 0.357. The largest absolute Gasteiger partial charge is 0.494 e. The highest BCUT2D eigenvalue weighted by atomic mass is 35.5. The summed E-state index contributed by atoms with van der Waals surface area (Å²) < 4.78 is 28.4. The minimum Gasteiger partial charge on any atom is -0.494 e. The Kier molecular flexibility index (Phi) is 4.90. The lowest BCUT2D eigenvalue weighted by Gasteiger charge is -2.27. The van der Waals surface area contributed by atoms with E-state index in [9.17, 15) is 13.2 Å². The molecule has 21 heavy (non-hydrogen) atoms. The number of hydrogen-bond acceptors (Lipinski definition) is 4. The van der Waals surface area contributed by atoms with Crippen LogP contribution in [0.4, 0.5) is 5.69 Å². The zero-order chi connectivity index (χ0) is 15.5. The molecule has 1 aliphatic rings. The van der Waals surface area contributed by atoms with E-state index in [-0.39, 0.29) is 17.5 Å². The summed E-state index contributed by atoms with van der Waals surface area (Å²) in [6.45, 7) is 2.43. The molecule has 1 heterocycles. The highest BCUT2D eigenvalue weighted by molar-refractivity contribution is 7.94. The molecule has 1 atom stereocenters. The van der Waals surface area contributed by atoms with Crippen LogP contribution < -0.4 is 9.64 Å². The second-order valence-corrected chi connectivity index (χ2v) is 6.75. The average molecular weight is 330 g/mol. The third-order valence-electron chi connectivity index (χ3n) is 3.05. The van der Waals surface area contributed by atoms with Crippen molar-refractivity contribution in [1.29, 1.82) is 0 Å². The molecule has 0 radical (unpaired) electrons. The van der Waals surface area contributed by atoms with Gasteiger partial charge in [-0.05, 0) is 37.3 Å². The SMILES string of the molecule is CCOc1ccc(N(C(=O)CCl)[C@@H]2C=CS(=O)(=O)C2)cc1. The Morgan fingerprint density at radius 3 is 2.52 bits per heavy atom. The van der Waals surface area contributed by atoms with Crippen LogP contribution in [0, 0.1) is 0 Å². The lowest BCUT2D eigenvalue weighted by atomic mass is 10.2. The summed E-state index contributed by atoms with van der Waals surface area (Å²) in [5.74, 6) is 0.0159. The molecule has 1 aliphatic heterocycles. The number of halogens is 1. The van der Waals surface area contributed by atoms with Crippen molar-refractivity contribution in [2.45, 2.75) is 13.0 Å². The van der Waals surface area contributed by atoms with Crippen molar-refractivity contribution in [3.05, 3.63) is 35.7 Å². The van der Waals surface area contributed by atoms with Gasteiger partial charge >= 0.3 is 0 Å². The summed E-state index contributed by atoms with van der Waals surface area (Å²) >= 11 is 5.64. The van der Waals surface area contributed by atoms with E-state index >= 15 is 0 Å². The number of carbonyl (C=O) groups is 1. The van der Waals surface area contributed by atoms with Gasteiger partial charge in [0.25, 0.3) is 0 Å². The first-order valence-electron chi connectivity index (χ1n) is 6.48. The molecule has 0 saturated heterocycles. The maximum atomic E-state index is 12.1. The maximum absolute atomic E-state index is 12.1. The maximum Gasteiger partial charge on any atom is 0.242 e. The van der Waals surface area contributed by atoms with Crippen LogP contribution in [-0.2, 0) is 14.6 Å². The summed E-state index contributed by atoms with van der Waals surface area (Å²) in [6, 6.07) is 6.38. The third kappa shape index (κ3) is 3.77. The Balaban J connectivity index is 2.28. The van der Waals surface area contributed by atoms with E-state index in [1.54, 1.807) is 24.3 Å².